The van der Waals surface area contributed by atoms with Crippen molar-refractivity contribution in [3.8, 4) is 0 Å². The SMILES string of the molecule is CCCCC(CC)COP([O-])(=S)SCC(CC)CCCC.[Zn+]. The molecule has 0 aliphatic rings. The van der Waals surface area contributed by atoms with Crippen LogP contribution in [-0.2, 0) is 35.8 Å². The molecule has 0 aliphatic heterocycles. The molecule has 0 aromatic heterocycles. The van der Waals surface area contributed by atoms with Crippen molar-refractivity contribution in [1.29, 1.82) is 0 Å². The van der Waals surface area contributed by atoms with E-state index in [0.29, 0.717) is 18.4 Å². The minimum Gasteiger partial charge on any atom is -0.793 e. The van der Waals surface area contributed by atoms with Gasteiger partial charge in [-0.2, -0.15) is 0 Å². The van der Waals surface area contributed by atoms with Crippen LogP contribution in [0.5, 0.6) is 0 Å². The van der Waals surface area contributed by atoms with Crippen LogP contribution in [0.25, 0.3) is 0 Å². The number of hydrogen-bond acceptors (Lipinski definition) is 4. The Balaban J connectivity index is 0. The summed E-state index contributed by atoms with van der Waals surface area (Å²) in [5.74, 6) is 2.00. The molecule has 0 amide bonds. The predicted molar refractivity (Wildman–Crippen MR) is 99.3 cm³/mol. The first-order valence-electron chi connectivity index (χ1n) is 8.59. The third-order valence-corrected chi connectivity index (χ3v) is 8.40. The second-order valence-corrected chi connectivity index (χ2v) is 12.0. The third-order valence-electron chi connectivity index (χ3n) is 4.02. The largest absolute Gasteiger partial charge is 1.00 e. The number of hydrogen-bond donors (Lipinski definition) is 0. The molecule has 22 heavy (non-hydrogen) atoms. The molecule has 0 spiro atoms. The van der Waals surface area contributed by atoms with Crippen molar-refractivity contribution in [3.63, 3.8) is 0 Å². The Bertz CT molecular complexity index is 269. The molecule has 3 unspecified atom stereocenters. The quantitative estimate of drug-likeness (QED) is 0.265. The van der Waals surface area contributed by atoms with Gasteiger partial charge in [-0.05, 0) is 24.7 Å². The fraction of sp³-hybridized carbons (Fsp3) is 1.00. The van der Waals surface area contributed by atoms with E-state index in [1.54, 1.807) is 0 Å². The first-order valence-corrected chi connectivity index (χ1v) is 12.8. The molecule has 1 radical (unpaired) electrons. The Kier molecular flexibility index (Phi) is 18.8. The summed E-state index contributed by atoms with van der Waals surface area (Å²) in [6.45, 7) is 9.34. The van der Waals surface area contributed by atoms with E-state index >= 15 is 0 Å². The van der Waals surface area contributed by atoms with E-state index in [0.717, 1.165) is 25.0 Å². The topological polar surface area (TPSA) is 32.3 Å². The zero-order chi connectivity index (χ0) is 16.1. The van der Waals surface area contributed by atoms with E-state index in [1.165, 1.54) is 43.5 Å². The maximum Gasteiger partial charge on any atom is 1.00 e. The molecular weight excluding hydrogens is 385 g/mol. The minimum absolute atomic E-state index is 0. The van der Waals surface area contributed by atoms with Gasteiger partial charge in [-0.1, -0.05) is 78.0 Å². The standard InChI is InChI=1S/C16H35O2PS2.Zn/c1-5-9-11-15(7-3)13-18-19(17,20)21-14-16(8-4)12-10-6-2;/h15-16H,5-14H2,1-4H3,(H,17,20);/q;+1/p-1. The second kappa shape index (κ2) is 16.0. The first kappa shape index (κ1) is 25.8. The van der Waals surface area contributed by atoms with Crippen LogP contribution in [0.2, 0.25) is 0 Å². The fourth-order valence-electron chi connectivity index (χ4n) is 2.23. The Morgan fingerprint density at radius 2 is 1.50 bits per heavy atom. The van der Waals surface area contributed by atoms with Crippen molar-refractivity contribution in [2.24, 2.45) is 11.8 Å². The second-order valence-electron chi connectivity index (χ2n) is 5.87. The average molecular weight is 419 g/mol. The normalized spacial score (nSPS) is 16.6. The van der Waals surface area contributed by atoms with Crippen LogP contribution in [0.4, 0.5) is 0 Å². The van der Waals surface area contributed by atoms with Gasteiger partial charge in [0.25, 0.3) is 0 Å². The Morgan fingerprint density at radius 1 is 1.00 bits per heavy atom. The molecule has 0 heterocycles. The van der Waals surface area contributed by atoms with Gasteiger partial charge < -0.3 is 9.42 Å². The van der Waals surface area contributed by atoms with E-state index < -0.39 is 5.69 Å². The van der Waals surface area contributed by atoms with Gasteiger partial charge in [-0.25, -0.2) is 0 Å². The average Bonchev–Trinajstić information content (AvgIpc) is 2.47. The molecule has 6 heteroatoms. The molecule has 0 bridgehead atoms. The summed E-state index contributed by atoms with van der Waals surface area (Å²) < 4.78 is 5.61. The summed E-state index contributed by atoms with van der Waals surface area (Å²) in [5, 5.41) is 0. The molecule has 0 aliphatic carbocycles. The van der Waals surface area contributed by atoms with Crippen molar-refractivity contribution < 1.29 is 28.9 Å². The van der Waals surface area contributed by atoms with Gasteiger partial charge in [-0.15, -0.1) is 11.4 Å². The molecule has 129 valence electrons. The van der Waals surface area contributed by atoms with Crippen LogP contribution in [0, 0.1) is 11.8 Å². The van der Waals surface area contributed by atoms with Crippen LogP contribution >= 0.6 is 17.1 Å². The summed E-state index contributed by atoms with van der Waals surface area (Å²) in [4.78, 5) is 12.4. The van der Waals surface area contributed by atoms with Gasteiger partial charge in [0.15, 0.2) is 0 Å². The molecule has 0 fully saturated rings. The van der Waals surface area contributed by atoms with Gasteiger partial charge in [0, 0.05) is 11.4 Å². The molecule has 0 N–H and O–H groups in total. The fourth-order valence-corrected chi connectivity index (χ4v) is 5.81. The zero-order valence-electron chi connectivity index (χ0n) is 15.0. The minimum atomic E-state index is -2.89. The Morgan fingerprint density at radius 3 is 1.95 bits per heavy atom. The molecule has 2 nitrogen and oxygen atoms in total. The van der Waals surface area contributed by atoms with Crippen LogP contribution in [0.15, 0.2) is 0 Å². The van der Waals surface area contributed by atoms with Crippen molar-refractivity contribution in [2.45, 2.75) is 79.1 Å². The van der Waals surface area contributed by atoms with Gasteiger partial charge in [0.1, 0.15) is 0 Å². The van der Waals surface area contributed by atoms with Gasteiger partial charge >= 0.3 is 19.5 Å². The molecular formula is C16H34O2PS2Zn. The molecule has 3 atom stereocenters. The van der Waals surface area contributed by atoms with E-state index in [9.17, 15) is 4.89 Å². The molecule has 0 aromatic rings. The zero-order valence-corrected chi connectivity index (χ0v) is 20.5. The Hall–Kier alpha value is 1.54. The summed E-state index contributed by atoms with van der Waals surface area (Å²) in [6.07, 6.45) is 9.46. The molecule has 0 saturated carbocycles. The summed E-state index contributed by atoms with van der Waals surface area (Å²) in [6, 6.07) is 0. The summed E-state index contributed by atoms with van der Waals surface area (Å²) in [7, 11) is 0. The third kappa shape index (κ3) is 13.9. The van der Waals surface area contributed by atoms with Crippen LogP contribution < -0.4 is 4.89 Å². The number of rotatable bonds is 14. The number of unbranched alkanes of at least 4 members (excludes halogenated alkanes) is 2. The van der Waals surface area contributed by atoms with Crippen LogP contribution in [-0.4, -0.2) is 12.4 Å². The van der Waals surface area contributed by atoms with Crippen molar-refractivity contribution >= 4 is 28.9 Å². The van der Waals surface area contributed by atoms with E-state index in [2.05, 4.69) is 27.7 Å². The van der Waals surface area contributed by atoms with Crippen molar-refractivity contribution in [1.82, 2.24) is 0 Å². The van der Waals surface area contributed by atoms with E-state index in [1.807, 2.05) is 0 Å². The van der Waals surface area contributed by atoms with E-state index in [4.69, 9.17) is 16.3 Å². The predicted octanol–water partition coefficient (Wildman–Crippen LogP) is 5.75. The monoisotopic (exact) mass is 417 g/mol. The van der Waals surface area contributed by atoms with Crippen LogP contribution in [0.1, 0.15) is 79.1 Å². The van der Waals surface area contributed by atoms with Gasteiger partial charge in [-0.3, -0.25) is 0 Å². The van der Waals surface area contributed by atoms with Gasteiger partial charge in [0.05, 0.1) is 6.61 Å². The smallest absolute Gasteiger partial charge is 0.793 e. The van der Waals surface area contributed by atoms with Gasteiger partial charge in [0.2, 0.25) is 0 Å². The molecule has 0 aromatic carbocycles. The van der Waals surface area contributed by atoms with Crippen LogP contribution in [0.3, 0.4) is 0 Å². The summed E-state index contributed by atoms with van der Waals surface area (Å²) in [5.41, 5.74) is -2.89. The molecule has 0 saturated heterocycles. The van der Waals surface area contributed by atoms with E-state index in [-0.39, 0.29) is 19.5 Å². The Labute approximate surface area is 160 Å². The maximum absolute atomic E-state index is 12.4. The first-order chi connectivity index (χ1) is 9.99. The maximum atomic E-state index is 12.4. The van der Waals surface area contributed by atoms with Crippen molar-refractivity contribution in [2.75, 3.05) is 12.4 Å². The summed E-state index contributed by atoms with van der Waals surface area (Å²) >= 11 is 6.58. The molecule has 0 rings (SSSR count). The van der Waals surface area contributed by atoms with Crippen molar-refractivity contribution in [3.05, 3.63) is 0 Å².